The van der Waals surface area contributed by atoms with Gasteiger partial charge in [0.15, 0.2) is 6.23 Å². The zero-order valence-corrected chi connectivity index (χ0v) is 18.1. The van der Waals surface area contributed by atoms with Gasteiger partial charge < -0.3 is 25.0 Å². The van der Waals surface area contributed by atoms with Crippen LogP contribution in [0.3, 0.4) is 0 Å². The zero-order valence-electron chi connectivity index (χ0n) is 17.3. The monoisotopic (exact) mass is 460 g/mol. The van der Waals surface area contributed by atoms with Gasteiger partial charge in [-0.05, 0) is 24.7 Å². The molecule has 13 nitrogen and oxygen atoms in total. The molecule has 0 fully saturated rings. The number of amides is 1. The van der Waals surface area contributed by atoms with Crippen LogP contribution in [0.2, 0.25) is 0 Å². The van der Waals surface area contributed by atoms with Crippen molar-refractivity contribution in [2.24, 2.45) is 0 Å². The standard InChI is InChI=1S/C17H28N6O7S/c1-3-4-8-31(27,28)23-12(16(25)26)10-20-15(24)13-9-14(22-30-13)29-11(2)21-17-18-6-5-7-19-17/h5-6,9,11-12,17-19,21,23H,3-4,7-8,10H2,1-2H3,(H,20,24)(H,25,26). The minimum absolute atomic E-state index is 0.0477. The number of sulfonamides is 1. The van der Waals surface area contributed by atoms with E-state index in [1.54, 1.807) is 13.1 Å². The maximum Gasteiger partial charge on any atom is 0.323 e. The molecule has 0 radical (unpaired) electrons. The summed E-state index contributed by atoms with van der Waals surface area (Å²) in [6.07, 6.45) is 4.07. The van der Waals surface area contributed by atoms with Crippen molar-refractivity contribution in [2.45, 2.75) is 45.2 Å². The summed E-state index contributed by atoms with van der Waals surface area (Å²) in [7, 11) is -3.78. The molecule has 174 valence electrons. The van der Waals surface area contributed by atoms with Gasteiger partial charge >= 0.3 is 5.97 Å². The van der Waals surface area contributed by atoms with Crippen LogP contribution in [0.25, 0.3) is 0 Å². The first-order valence-electron chi connectivity index (χ1n) is 9.75. The lowest BCUT2D eigenvalue weighted by molar-refractivity contribution is -0.138. The van der Waals surface area contributed by atoms with Gasteiger partial charge in [-0.15, -0.1) is 0 Å². The topological polar surface area (TPSA) is 184 Å². The average molecular weight is 461 g/mol. The van der Waals surface area contributed by atoms with Crippen LogP contribution in [0.5, 0.6) is 5.88 Å². The Labute approximate surface area is 180 Å². The number of carbonyl (C=O) groups excluding carboxylic acids is 1. The first kappa shape index (κ1) is 24.6. The normalized spacial score (nSPS) is 18.1. The summed E-state index contributed by atoms with van der Waals surface area (Å²) in [5.74, 6) is -2.54. The molecule has 6 N–H and O–H groups in total. The van der Waals surface area contributed by atoms with E-state index in [9.17, 15) is 23.1 Å². The third-order valence-corrected chi connectivity index (χ3v) is 5.55. The van der Waals surface area contributed by atoms with Crippen LogP contribution in [0.4, 0.5) is 0 Å². The third-order valence-electron chi connectivity index (χ3n) is 4.09. The average Bonchev–Trinajstić information content (AvgIpc) is 3.18. The van der Waals surface area contributed by atoms with Crippen molar-refractivity contribution in [2.75, 3.05) is 18.8 Å². The number of aromatic nitrogens is 1. The largest absolute Gasteiger partial charge is 0.480 e. The third kappa shape index (κ3) is 8.53. The second-order valence-corrected chi connectivity index (χ2v) is 8.63. The number of hydrogen-bond donors (Lipinski definition) is 6. The van der Waals surface area contributed by atoms with Crippen LogP contribution in [-0.2, 0) is 14.8 Å². The lowest BCUT2D eigenvalue weighted by Crippen LogP contribution is -2.56. The van der Waals surface area contributed by atoms with Crippen LogP contribution in [0.15, 0.2) is 22.9 Å². The Kier molecular flexibility index (Phi) is 9.23. The Morgan fingerprint density at radius 2 is 2.23 bits per heavy atom. The van der Waals surface area contributed by atoms with Crippen LogP contribution in [-0.4, -0.2) is 68.0 Å². The molecular formula is C17H28N6O7S. The van der Waals surface area contributed by atoms with Gasteiger partial charge in [-0.25, -0.2) is 13.7 Å². The Hall–Kier alpha value is -2.68. The Morgan fingerprint density at radius 1 is 1.45 bits per heavy atom. The Bertz CT molecular complexity index is 872. The summed E-state index contributed by atoms with van der Waals surface area (Å²) >= 11 is 0. The fraction of sp³-hybridized carbons (Fsp3) is 0.588. The lowest BCUT2D eigenvalue weighted by Gasteiger charge is -2.26. The van der Waals surface area contributed by atoms with Crippen LogP contribution in [0.1, 0.15) is 37.2 Å². The summed E-state index contributed by atoms with van der Waals surface area (Å²) < 4.78 is 36.4. The van der Waals surface area contributed by atoms with E-state index in [0.29, 0.717) is 19.4 Å². The maximum absolute atomic E-state index is 12.2. The predicted octanol–water partition coefficient (Wildman–Crippen LogP) is -1.12. The van der Waals surface area contributed by atoms with Gasteiger partial charge in [0.1, 0.15) is 12.3 Å². The molecule has 2 heterocycles. The van der Waals surface area contributed by atoms with Gasteiger partial charge in [0.05, 0.1) is 11.8 Å². The second-order valence-electron chi connectivity index (χ2n) is 6.76. The highest BCUT2D eigenvalue weighted by Gasteiger charge is 2.25. The van der Waals surface area contributed by atoms with E-state index >= 15 is 0 Å². The number of rotatable bonds is 13. The number of aliphatic carboxylic acids is 1. The lowest BCUT2D eigenvalue weighted by atomic mass is 10.3. The highest BCUT2D eigenvalue weighted by molar-refractivity contribution is 7.89. The zero-order chi connectivity index (χ0) is 22.9. The van der Waals surface area contributed by atoms with Crippen molar-refractivity contribution in [1.29, 1.82) is 0 Å². The van der Waals surface area contributed by atoms with Gasteiger partial charge in [-0.2, -0.15) is 4.72 Å². The van der Waals surface area contributed by atoms with Crippen LogP contribution >= 0.6 is 0 Å². The molecule has 14 heteroatoms. The highest BCUT2D eigenvalue weighted by Crippen LogP contribution is 2.12. The predicted molar refractivity (Wildman–Crippen MR) is 109 cm³/mol. The number of carbonyl (C=O) groups is 2. The number of hydrogen-bond acceptors (Lipinski definition) is 10. The second kappa shape index (κ2) is 11.6. The van der Waals surface area contributed by atoms with Gasteiger partial charge in [-0.3, -0.25) is 14.9 Å². The molecule has 3 unspecified atom stereocenters. The van der Waals surface area contributed by atoms with E-state index in [1.807, 2.05) is 13.0 Å². The molecule has 1 aliphatic rings. The molecule has 31 heavy (non-hydrogen) atoms. The van der Waals surface area contributed by atoms with E-state index in [-0.39, 0.29) is 23.7 Å². The highest BCUT2D eigenvalue weighted by atomic mass is 32.2. The first-order valence-corrected chi connectivity index (χ1v) is 11.4. The molecular weight excluding hydrogens is 432 g/mol. The quantitative estimate of drug-likeness (QED) is 0.196. The maximum atomic E-state index is 12.2. The molecule has 0 aromatic carbocycles. The fourth-order valence-electron chi connectivity index (χ4n) is 2.52. The van der Waals surface area contributed by atoms with Crippen molar-refractivity contribution in [3.8, 4) is 5.88 Å². The fourth-order valence-corrected chi connectivity index (χ4v) is 3.92. The Morgan fingerprint density at radius 3 is 2.87 bits per heavy atom. The number of ether oxygens (including phenoxy) is 1. The Balaban J connectivity index is 1.85. The minimum atomic E-state index is -3.78. The molecule has 3 atom stereocenters. The SMILES string of the molecule is CCCCS(=O)(=O)NC(CNC(=O)c1cc(OC(C)NC2NC=CCN2)no1)C(=O)O. The molecule has 0 saturated heterocycles. The number of carboxylic acid groups (broad SMARTS) is 1. The van der Waals surface area contributed by atoms with Crippen molar-refractivity contribution in [1.82, 2.24) is 31.1 Å². The van der Waals surface area contributed by atoms with Crippen molar-refractivity contribution in [3.63, 3.8) is 0 Å². The smallest absolute Gasteiger partial charge is 0.323 e. The molecule has 0 bridgehead atoms. The molecule has 1 aliphatic heterocycles. The number of carboxylic acids is 1. The van der Waals surface area contributed by atoms with E-state index in [1.165, 1.54) is 6.07 Å². The minimum Gasteiger partial charge on any atom is -0.480 e. The van der Waals surface area contributed by atoms with Gasteiger partial charge in [-0.1, -0.05) is 19.4 Å². The molecule has 1 amide bonds. The summed E-state index contributed by atoms with van der Waals surface area (Å²) in [4.78, 5) is 23.5. The first-order chi connectivity index (χ1) is 14.7. The van der Waals surface area contributed by atoms with E-state index < -0.39 is 40.7 Å². The molecule has 0 aliphatic carbocycles. The molecule has 1 aromatic heterocycles. The van der Waals surface area contributed by atoms with Crippen molar-refractivity contribution >= 4 is 21.9 Å². The van der Waals surface area contributed by atoms with Crippen LogP contribution < -0.4 is 30.7 Å². The molecule has 0 saturated carbocycles. The van der Waals surface area contributed by atoms with Crippen molar-refractivity contribution < 1.29 is 32.4 Å². The number of nitrogens with one attached hydrogen (secondary N) is 5. The van der Waals surface area contributed by atoms with E-state index in [2.05, 4.69) is 31.1 Å². The molecule has 0 spiro atoms. The summed E-state index contributed by atoms with van der Waals surface area (Å²) in [6, 6.07) is -0.269. The molecule has 1 aromatic rings. The van der Waals surface area contributed by atoms with E-state index in [4.69, 9.17) is 9.26 Å². The van der Waals surface area contributed by atoms with Gasteiger partial charge in [0, 0.05) is 13.1 Å². The van der Waals surface area contributed by atoms with Crippen LogP contribution in [0, 0.1) is 0 Å². The summed E-state index contributed by atoms with van der Waals surface area (Å²) in [6.45, 7) is 3.77. The number of unbranched alkanes of at least 4 members (excludes halogenated alkanes) is 1. The molecule has 2 rings (SSSR count). The van der Waals surface area contributed by atoms with Gasteiger partial charge in [0.25, 0.3) is 11.8 Å². The van der Waals surface area contributed by atoms with Gasteiger partial charge in [0.2, 0.25) is 15.8 Å². The number of nitrogens with zero attached hydrogens (tertiary/aromatic N) is 1. The summed E-state index contributed by atoms with van der Waals surface area (Å²) in [5, 5.41) is 24.4. The van der Waals surface area contributed by atoms with Crippen molar-refractivity contribution in [3.05, 3.63) is 24.1 Å². The summed E-state index contributed by atoms with van der Waals surface area (Å²) in [5.41, 5.74) is 0. The van der Waals surface area contributed by atoms with E-state index in [0.717, 1.165) is 0 Å².